The number of rotatable bonds is 27. The Hall–Kier alpha value is -0.690. The SMILES string of the molecule is CCCCCCCCC(CCNCCCCNCCCN)N(CCCCCCCC)C(=O)CN. The lowest BCUT2D eigenvalue weighted by molar-refractivity contribution is -0.132. The summed E-state index contributed by atoms with van der Waals surface area (Å²) in [6, 6.07) is 0.322. The Morgan fingerprint density at radius 3 is 1.76 bits per heavy atom. The van der Waals surface area contributed by atoms with Gasteiger partial charge in [-0.15, -0.1) is 0 Å². The van der Waals surface area contributed by atoms with Gasteiger partial charge in [0, 0.05) is 12.6 Å². The average Bonchev–Trinajstić information content (AvgIpc) is 2.85. The summed E-state index contributed by atoms with van der Waals surface area (Å²) in [6.07, 6.45) is 20.9. The lowest BCUT2D eigenvalue weighted by Crippen LogP contribution is -2.45. The van der Waals surface area contributed by atoms with Gasteiger partial charge in [0.15, 0.2) is 0 Å². The second-order valence-corrected chi connectivity index (χ2v) is 9.91. The van der Waals surface area contributed by atoms with Gasteiger partial charge < -0.3 is 27.0 Å². The average molecular weight is 484 g/mol. The van der Waals surface area contributed by atoms with E-state index in [0.717, 1.165) is 65.0 Å². The molecule has 1 atom stereocenters. The molecule has 0 aliphatic rings. The van der Waals surface area contributed by atoms with Crippen LogP contribution >= 0.6 is 0 Å². The van der Waals surface area contributed by atoms with Crippen LogP contribution < -0.4 is 22.1 Å². The van der Waals surface area contributed by atoms with Crippen molar-refractivity contribution in [3.8, 4) is 0 Å². The van der Waals surface area contributed by atoms with Crippen molar-refractivity contribution < 1.29 is 4.79 Å². The Morgan fingerprint density at radius 2 is 1.18 bits per heavy atom. The number of nitrogens with one attached hydrogen (secondary N) is 2. The first-order valence-corrected chi connectivity index (χ1v) is 14.8. The van der Waals surface area contributed by atoms with Gasteiger partial charge in [-0.1, -0.05) is 84.5 Å². The van der Waals surface area contributed by atoms with Gasteiger partial charge in [0.1, 0.15) is 0 Å². The van der Waals surface area contributed by atoms with E-state index in [9.17, 15) is 4.79 Å². The van der Waals surface area contributed by atoms with E-state index in [1.165, 1.54) is 83.5 Å². The van der Waals surface area contributed by atoms with E-state index in [4.69, 9.17) is 11.5 Å². The number of hydrogen-bond acceptors (Lipinski definition) is 5. The molecule has 0 aromatic rings. The molecule has 1 amide bonds. The molecule has 1 unspecified atom stereocenters. The predicted octanol–water partition coefficient (Wildman–Crippen LogP) is 4.95. The maximum Gasteiger partial charge on any atom is 0.236 e. The molecule has 0 heterocycles. The van der Waals surface area contributed by atoms with E-state index in [-0.39, 0.29) is 12.5 Å². The number of hydrogen-bond donors (Lipinski definition) is 4. The number of amides is 1. The maximum atomic E-state index is 12.7. The fourth-order valence-electron chi connectivity index (χ4n) is 4.55. The van der Waals surface area contributed by atoms with Crippen molar-refractivity contribution >= 4 is 5.91 Å². The fourth-order valence-corrected chi connectivity index (χ4v) is 4.55. The van der Waals surface area contributed by atoms with Gasteiger partial charge in [0.2, 0.25) is 5.91 Å². The smallest absolute Gasteiger partial charge is 0.236 e. The maximum absolute atomic E-state index is 12.7. The summed E-state index contributed by atoms with van der Waals surface area (Å²) < 4.78 is 0. The van der Waals surface area contributed by atoms with Crippen molar-refractivity contribution in [2.75, 3.05) is 45.8 Å². The fraction of sp³-hybridized carbons (Fsp3) is 0.964. The van der Waals surface area contributed by atoms with Crippen LogP contribution in [0.1, 0.15) is 123 Å². The molecule has 0 aliphatic carbocycles. The molecule has 6 heteroatoms. The van der Waals surface area contributed by atoms with Crippen molar-refractivity contribution in [1.29, 1.82) is 0 Å². The molecular formula is C28H61N5O. The van der Waals surface area contributed by atoms with Crippen LogP contribution in [0.3, 0.4) is 0 Å². The third-order valence-electron chi connectivity index (χ3n) is 6.75. The molecule has 6 nitrogen and oxygen atoms in total. The molecule has 0 radical (unpaired) electrons. The molecule has 0 aromatic heterocycles. The van der Waals surface area contributed by atoms with Gasteiger partial charge >= 0.3 is 0 Å². The van der Waals surface area contributed by atoms with Crippen molar-refractivity contribution in [2.45, 2.75) is 129 Å². The van der Waals surface area contributed by atoms with Crippen LogP contribution in [0.25, 0.3) is 0 Å². The molecule has 0 rings (SSSR count). The molecule has 0 bridgehead atoms. The zero-order valence-electron chi connectivity index (χ0n) is 23.1. The first-order valence-electron chi connectivity index (χ1n) is 14.8. The van der Waals surface area contributed by atoms with E-state index in [1.807, 2.05) is 0 Å². The highest BCUT2D eigenvalue weighted by atomic mass is 16.2. The third kappa shape index (κ3) is 20.7. The van der Waals surface area contributed by atoms with Crippen LogP contribution in [0, 0.1) is 0 Å². The summed E-state index contributed by atoms with van der Waals surface area (Å²) >= 11 is 0. The second-order valence-electron chi connectivity index (χ2n) is 9.91. The predicted molar refractivity (Wildman–Crippen MR) is 149 cm³/mol. The molecule has 6 N–H and O–H groups in total. The highest BCUT2D eigenvalue weighted by Crippen LogP contribution is 2.17. The Labute approximate surface area is 212 Å². The number of unbranched alkanes of at least 4 members (excludes halogenated alkanes) is 11. The Kier molecular flexibility index (Phi) is 26.4. The Balaban J connectivity index is 4.46. The quantitative estimate of drug-likeness (QED) is 0.124. The minimum Gasteiger partial charge on any atom is -0.339 e. The summed E-state index contributed by atoms with van der Waals surface area (Å²) in [5, 5.41) is 7.06. The number of nitrogens with two attached hydrogens (primary N) is 2. The van der Waals surface area contributed by atoms with Crippen LogP contribution in [0.5, 0.6) is 0 Å². The van der Waals surface area contributed by atoms with Gasteiger partial charge in [-0.05, 0) is 71.2 Å². The van der Waals surface area contributed by atoms with Crippen LogP contribution in [0.2, 0.25) is 0 Å². The van der Waals surface area contributed by atoms with E-state index >= 15 is 0 Å². The van der Waals surface area contributed by atoms with Crippen molar-refractivity contribution in [3.63, 3.8) is 0 Å². The Morgan fingerprint density at radius 1 is 0.647 bits per heavy atom. The topological polar surface area (TPSA) is 96.4 Å². The molecule has 34 heavy (non-hydrogen) atoms. The van der Waals surface area contributed by atoms with Gasteiger partial charge in [0.05, 0.1) is 6.54 Å². The van der Waals surface area contributed by atoms with E-state index < -0.39 is 0 Å². The molecule has 0 fully saturated rings. The number of nitrogens with zero attached hydrogens (tertiary/aromatic N) is 1. The van der Waals surface area contributed by atoms with Crippen LogP contribution in [0.15, 0.2) is 0 Å². The molecule has 0 aromatic carbocycles. The monoisotopic (exact) mass is 483 g/mol. The molecular weight excluding hydrogens is 422 g/mol. The molecule has 0 saturated carbocycles. The largest absolute Gasteiger partial charge is 0.339 e. The Bertz CT molecular complexity index is 422. The molecule has 0 spiro atoms. The summed E-state index contributed by atoms with van der Waals surface area (Å²) in [6.45, 7) is 10.4. The van der Waals surface area contributed by atoms with Gasteiger partial charge in [-0.2, -0.15) is 0 Å². The number of carbonyl (C=O) groups is 1. The van der Waals surface area contributed by atoms with Crippen molar-refractivity contribution in [2.24, 2.45) is 11.5 Å². The summed E-state index contributed by atoms with van der Waals surface area (Å²) in [4.78, 5) is 14.9. The van der Waals surface area contributed by atoms with Gasteiger partial charge in [-0.3, -0.25) is 4.79 Å². The lowest BCUT2D eigenvalue weighted by atomic mass is 10.0. The first-order chi connectivity index (χ1) is 16.7. The van der Waals surface area contributed by atoms with Crippen molar-refractivity contribution in [3.05, 3.63) is 0 Å². The third-order valence-corrected chi connectivity index (χ3v) is 6.75. The van der Waals surface area contributed by atoms with Crippen LogP contribution in [-0.2, 0) is 4.79 Å². The normalized spacial score (nSPS) is 12.2. The molecule has 0 aliphatic heterocycles. The van der Waals surface area contributed by atoms with Crippen LogP contribution in [-0.4, -0.2) is 62.7 Å². The lowest BCUT2D eigenvalue weighted by Gasteiger charge is -2.32. The summed E-state index contributed by atoms with van der Waals surface area (Å²) in [5.74, 6) is 0.132. The summed E-state index contributed by atoms with van der Waals surface area (Å²) in [7, 11) is 0. The minimum atomic E-state index is 0.132. The van der Waals surface area contributed by atoms with Crippen molar-refractivity contribution in [1.82, 2.24) is 15.5 Å². The highest BCUT2D eigenvalue weighted by Gasteiger charge is 2.21. The highest BCUT2D eigenvalue weighted by molar-refractivity contribution is 5.78. The standard InChI is InChI=1S/C28H61N5O/c1-3-5-7-9-11-13-18-27(19-24-32-22-15-14-21-31-23-17-20-29)33(28(34)26-30)25-16-12-10-8-6-4-2/h27,31-32H,3-26,29-30H2,1-2H3. The zero-order valence-corrected chi connectivity index (χ0v) is 23.1. The van der Waals surface area contributed by atoms with Gasteiger partial charge in [-0.25, -0.2) is 0 Å². The first kappa shape index (κ1) is 33.3. The van der Waals surface area contributed by atoms with E-state index in [2.05, 4.69) is 29.4 Å². The molecule has 204 valence electrons. The van der Waals surface area contributed by atoms with Gasteiger partial charge in [0.25, 0.3) is 0 Å². The van der Waals surface area contributed by atoms with Crippen LogP contribution in [0.4, 0.5) is 0 Å². The molecule has 0 saturated heterocycles. The summed E-state index contributed by atoms with van der Waals surface area (Å²) in [5.41, 5.74) is 11.3. The zero-order chi connectivity index (χ0) is 25.1. The second kappa shape index (κ2) is 26.9. The van der Waals surface area contributed by atoms with E-state index in [0.29, 0.717) is 6.04 Å². The van der Waals surface area contributed by atoms with E-state index in [1.54, 1.807) is 0 Å². The number of carbonyl (C=O) groups excluding carboxylic acids is 1. The minimum absolute atomic E-state index is 0.132.